The van der Waals surface area contributed by atoms with E-state index in [0.717, 1.165) is 52.8 Å². The predicted molar refractivity (Wildman–Crippen MR) is 175 cm³/mol. The molecular formula is C33H34BrN7O5. The van der Waals surface area contributed by atoms with Gasteiger partial charge in [0.25, 0.3) is 11.8 Å². The van der Waals surface area contributed by atoms with Gasteiger partial charge in [0.1, 0.15) is 11.2 Å². The second-order valence-corrected chi connectivity index (χ2v) is 12.7. The molecule has 2 saturated carbocycles. The van der Waals surface area contributed by atoms with Gasteiger partial charge in [-0.1, -0.05) is 31.7 Å². The van der Waals surface area contributed by atoms with Crippen LogP contribution in [0.2, 0.25) is 0 Å². The number of ether oxygens (including phenoxy) is 1. The Kier molecular flexibility index (Phi) is 8.85. The fourth-order valence-corrected chi connectivity index (χ4v) is 6.91. The molecule has 6 rings (SSSR count). The van der Waals surface area contributed by atoms with Crippen LogP contribution in [-0.4, -0.2) is 60.0 Å². The van der Waals surface area contributed by atoms with Crippen molar-refractivity contribution in [2.45, 2.75) is 62.8 Å². The number of carboxylic acids is 1. The summed E-state index contributed by atoms with van der Waals surface area (Å²) in [5.41, 5.74) is 2.60. The molecular weight excluding hydrogens is 654 g/mol. The molecule has 3 N–H and O–H groups in total. The van der Waals surface area contributed by atoms with Crippen molar-refractivity contribution in [3.05, 3.63) is 64.2 Å². The van der Waals surface area contributed by atoms with Crippen molar-refractivity contribution < 1.29 is 24.2 Å². The van der Waals surface area contributed by atoms with Crippen molar-refractivity contribution >= 4 is 56.5 Å². The number of hydrogen-bond donors (Lipinski definition) is 3. The molecule has 2 aliphatic carbocycles. The first-order chi connectivity index (χ1) is 22.2. The van der Waals surface area contributed by atoms with Crippen LogP contribution in [0.15, 0.2) is 47.3 Å². The number of methoxy groups -OCH3 is 1. The molecule has 0 atom stereocenters. The van der Waals surface area contributed by atoms with Crippen LogP contribution < -0.4 is 15.4 Å². The minimum atomic E-state index is -1.14. The molecule has 3 heterocycles. The number of amides is 2. The molecule has 3 aromatic heterocycles. The van der Waals surface area contributed by atoms with Gasteiger partial charge in [-0.3, -0.25) is 9.59 Å². The van der Waals surface area contributed by atoms with E-state index in [4.69, 9.17) is 9.84 Å². The maximum Gasteiger partial charge on any atom is 0.328 e. The van der Waals surface area contributed by atoms with E-state index in [1.165, 1.54) is 37.8 Å². The van der Waals surface area contributed by atoms with Crippen molar-refractivity contribution in [3.63, 3.8) is 0 Å². The number of carboxylic acid groups (broad SMARTS) is 1. The first-order valence-electron chi connectivity index (χ1n) is 15.3. The van der Waals surface area contributed by atoms with Gasteiger partial charge in [0.05, 0.1) is 23.5 Å². The number of fused-ring (bicyclic) bond motifs is 1. The maximum atomic E-state index is 13.8. The molecule has 2 amide bonds. The number of aryl methyl sites for hydroxylation is 1. The molecule has 0 unspecified atom stereocenters. The second-order valence-electron chi connectivity index (χ2n) is 11.8. The van der Waals surface area contributed by atoms with E-state index in [9.17, 15) is 14.4 Å². The quantitative estimate of drug-likeness (QED) is 0.189. The fraction of sp³-hybridized carbons (Fsp3) is 0.364. The number of rotatable bonds is 9. The van der Waals surface area contributed by atoms with E-state index < -0.39 is 17.4 Å². The Hall–Kier alpha value is -4.65. The molecule has 0 spiro atoms. The van der Waals surface area contributed by atoms with Gasteiger partial charge in [0.2, 0.25) is 5.88 Å². The molecule has 1 aromatic carbocycles. The molecule has 13 heteroatoms. The number of nitrogens with zero attached hydrogens (tertiary/aromatic N) is 5. The summed E-state index contributed by atoms with van der Waals surface area (Å²) in [7, 11) is 3.36. The number of benzene rings is 1. The maximum absolute atomic E-state index is 13.8. The Morgan fingerprint density at radius 1 is 1.07 bits per heavy atom. The van der Waals surface area contributed by atoms with Crippen molar-refractivity contribution in [3.8, 4) is 17.4 Å². The van der Waals surface area contributed by atoms with Crippen LogP contribution in [0.25, 0.3) is 28.5 Å². The van der Waals surface area contributed by atoms with Gasteiger partial charge in [-0.05, 0) is 71.3 Å². The largest absolute Gasteiger partial charge is 0.479 e. The molecule has 0 aliphatic heterocycles. The van der Waals surface area contributed by atoms with Crippen molar-refractivity contribution in [2.75, 3.05) is 12.4 Å². The Balaban J connectivity index is 1.29. The van der Waals surface area contributed by atoms with Gasteiger partial charge in [-0.25, -0.2) is 19.7 Å². The van der Waals surface area contributed by atoms with E-state index >= 15 is 0 Å². The number of hydrogen-bond acceptors (Lipinski definition) is 8. The van der Waals surface area contributed by atoms with Gasteiger partial charge in [0, 0.05) is 42.0 Å². The molecule has 4 aromatic rings. The van der Waals surface area contributed by atoms with Crippen LogP contribution in [0.1, 0.15) is 78.9 Å². The third-order valence-corrected chi connectivity index (χ3v) is 9.34. The Morgan fingerprint density at radius 3 is 2.46 bits per heavy atom. The lowest BCUT2D eigenvalue weighted by Gasteiger charge is -2.29. The molecule has 0 bridgehead atoms. The summed E-state index contributed by atoms with van der Waals surface area (Å²) in [6.07, 6.45) is 14.0. The smallest absolute Gasteiger partial charge is 0.328 e. The van der Waals surface area contributed by atoms with Gasteiger partial charge in [0.15, 0.2) is 11.6 Å². The minimum Gasteiger partial charge on any atom is -0.479 e. The van der Waals surface area contributed by atoms with Crippen LogP contribution in [0.5, 0.6) is 5.88 Å². The van der Waals surface area contributed by atoms with Gasteiger partial charge >= 0.3 is 5.97 Å². The van der Waals surface area contributed by atoms with E-state index in [1.54, 1.807) is 12.4 Å². The minimum absolute atomic E-state index is 0.0561. The average molecular weight is 689 g/mol. The first kappa shape index (κ1) is 31.3. The topological polar surface area (TPSA) is 161 Å². The molecule has 0 saturated heterocycles. The van der Waals surface area contributed by atoms with Gasteiger partial charge < -0.3 is 25.0 Å². The van der Waals surface area contributed by atoms with E-state index in [2.05, 4.69) is 51.1 Å². The summed E-state index contributed by atoms with van der Waals surface area (Å²) in [4.78, 5) is 56.1. The average Bonchev–Trinajstić information content (AvgIpc) is 3.81. The molecule has 2 fully saturated rings. The summed E-state index contributed by atoms with van der Waals surface area (Å²) in [6.45, 7) is 0. The number of halogens is 1. The molecule has 2 aliphatic rings. The van der Waals surface area contributed by atoms with Gasteiger partial charge in [-0.15, -0.1) is 0 Å². The number of carbonyl (C=O) groups is 3. The van der Waals surface area contributed by atoms with Crippen LogP contribution in [0.3, 0.4) is 0 Å². The van der Waals surface area contributed by atoms with Crippen molar-refractivity contribution in [1.29, 1.82) is 0 Å². The summed E-state index contributed by atoms with van der Waals surface area (Å²) in [6, 6.07) is 5.71. The summed E-state index contributed by atoms with van der Waals surface area (Å²) < 4.78 is 8.12. The number of aromatic nitrogens is 5. The Labute approximate surface area is 273 Å². The highest BCUT2D eigenvalue weighted by molar-refractivity contribution is 9.10. The summed E-state index contributed by atoms with van der Waals surface area (Å²) in [5.74, 6) is -0.673. The lowest BCUT2D eigenvalue weighted by molar-refractivity contribution is -0.131. The molecule has 0 radical (unpaired) electrons. The zero-order valence-electron chi connectivity index (χ0n) is 25.5. The SMILES string of the molecule is COc1nc(NC(=O)C2(NC(=O)c3ccc4c(C5CCCC5)c(-c5ncc(Br)cn5)n(C)c4c3)CCCC2)cnc1/C=C/C(=O)O. The summed E-state index contributed by atoms with van der Waals surface area (Å²) in [5, 5.41) is 15.8. The predicted octanol–water partition coefficient (Wildman–Crippen LogP) is 5.63. The normalized spacial score (nSPS) is 16.2. The summed E-state index contributed by atoms with van der Waals surface area (Å²) >= 11 is 3.43. The first-order valence-corrected chi connectivity index (χ1v) is 16.0. The number of carbonyl (C=O) groups excluding carboxylic acids is 2. The standard InChI is InChI=1S/C33H34BrN7O5/c1-41-24-15-20(9-10-22(24)27(19-7-3-4-8-19)28(41)29-36-16-21(34)17-37-29)30(44)40-33(13-5-6-14-33)32(45)39-25-18-35-23(11-12-26(42)43)31(38-25)46-2/h9-12,15-19H,3-8,13-14H2,1-2H3,(H,40,44)(H,42,43)(H,38,39,45)/b12-11+. The zero-order chi connectivity index (χ0) is 32.4. The van der Waals surface area contributed by atoms with E-state index in [1.807, 2.05) is 25.2 Å². The highest BCUT2D eigenvalue weighted by atomic mass is 79.9. The van der Waals surface area contributed by atoms with Crippen LogP contribution in [-0.2, 0) is 16.6 Å². The monoisotopic (exact) mass is 687 g/mol. The van der Waals surface area contributed by atoms with Crippen molar-refractivity contribution in [1.82, 2.24) is 29.8 Å². The fourth-order valence-electron chi connectivity index (χ4n) is 6.71. The van der Waals surface area contributed by atoms with Crippen LogP contribution in [0, 0.1) is 0 Å². The molecule has 12 nitrogen and oxygen atoms in total. The Morgan fingerprint density at radius 2 is 1.78 bits per heavy atom. The molecule has 46 heavy (non-hydrogen) atoms. The lowest BCUT2D eigenvalue weighted by Crippen LogP contribution is -2.55. The zero-order valence-corrected chi connectivity index (χ0v) is 27.1. The van der Waals surface area contributed by atoms with Crippen LogP contribution >= 0.6 is 15.9 Å². The third kappa shape index (κ3) is 6.11. The lowest BCUT2D eigenvalue weighted by atomic mass is 9.93. The number of aliphatic carboxylic acids is 1. The number of nitrogens with one attached hydrogen (secondary N) is 2. The molecule has 238 valence electrons. The highest BCUT2D eigenvalue weighted by Gasteiger charge is 2.43. The van der Waals surface area contributed by atoms with E-state index in [0.29, 0.717) is 30.1 Å². The van der Waals surface area contributed by atoms with Crippen molar-refractivity contribution in [2.24, 2.45) is 7.05 Å². The second kappa shape index (κ2) is 13.0. The third-order valence-electron chi connectivity index (χ3n) is 8.93. The van der Waals surface area contributed by atoms with Gasteiger partial charge in [-0.2, -0.15) is 4.98 Å². The van der Waals surface area contributed by atoms with Crippen LogP contribution in [0.4, 0.5) is 5.82 Å². The highest BCUT2D eigenvalue weighted by Crippen LogP contribution is 2.44. The number of anilines is 1. The Bertz CT molecular complexity index is 1840. The van der Waals surface area contributed by atoms with E-state index in [-0.39, 0.29) is 23.3 Å².